The van der Waals surface area contributed by atoms with E-state index in [1.165, 1.54) is 5.56 Å². The van der Waals surface area contributed by atoms with Crippen LogP contribution in [-0.2, 0) is 0 Å². The van der Waals surface area contributed by atoms with E-state index in [9.17, 15) is 0 Å². The fraction of sp³-hybridized carbons (Fsp3) is 0.133. The topological polar surface area (TPSA) is 54.5 Å². The van der Waals surface area contributed by atoms with E-state index in [4.69, 9.17) is 0 Å². The van der Waals surface area contributed by atoms with Gasteiger partial charge in [-0.1, -0.05) is 48.2 Å². The quantitative estimate of drug-likeness (QED) is 0.440. The van der Waals surface area contributed by atoms with Gasteiger partial charge in [-0.25, -0.2) is 15.0 Å². The minimum atomic E-state index is 0.287. The van der Waals surface area contributed by atoms with Crippen molar-refractivity contribution in [2.24, 2.45) is 0 Å². The summed E-state index contributed by atoms with van der Waals surface area (Å²) in [6.45, 7) is 3.85. The summed E-state index contributed by atoms with van der Waals surface area (Å²) in [7, 11) is 0. The van der Waals surface area contributed by atoms with E-state index in [0.717, 1.165) is 17.0 Å². The van der Waals surface area contributed by atoms with E-state index >= 15 is 0 Å². The maximum Gasteiger partial charge on any atom is 0.181 e. The summed E-state index contributed by atoms with van der Waals surface area (Å²) in [5.74, 6) is 0. The van der Waals surface area contributed by atoms with Crippen LogP contribution in [0.4, 0.5) is 0 Å². The minimum absolute atomic E-state index is 0.287. The molecule has 0 aliphatic heterocycles. The molecule has 3 aromatic rings. The van der Waals surface area contributed by atoms with Crippen molar-refractivity contribution in [1.82, 2.24) is 19.9 Å². The molecule has 0 radical (unpaired) electrons. The van der Waals surface area contributed by atoms with Crippen molar-refractivity contribution in [3.05, 3.63) is 61.2 Å². The number of nitrogens with zero attached hydrogens (tertiary/aromatic N) is 3. The third-order valence-corrected chi connectivity index (χ3v) is 4.28. The molecular formula is C15H14N4S. The molecule has 1 aromatic carbocycles. The molecular weight excluding hydrogens is 268 g/mol. The number of nitrogens with one attached hydrogen (secondary N) is 1. The lowest BCUT2D eigenvalue weighted by molar-refractivity contribution is 0.961. The van der Waals surface area contributed by atoms with Crippen LogP contribution in [0.2, 0.25) is 0 Å². The molecule has 2 aromatic heterocycles. The van der Waals surface area contributed by atoms with E-state index < -0.39 is 0 Å². The lowest BCUT2D eigenvalue weighted by Gasteiger charge is -2.14. The van der Waals surface area contributed by atoms with Crippen LogP contribution < -0.4 is 0 Å². The molecule has 4 nitrogen and oxygen atoms in total. The largest absolute Gasteiger partial charge is 0.341 e. The van der Waals surface area contributed by atoms with Gasteiger partial charge in [0, 0.05) is 5.25 Å². The lowest BCUT2D eigenvalue weighted by atomic mass is 10.1. The lowest BCUT2D eigenvalue weighted by Crippen LogP contribution is -1.95. The minimum Gasteiger partial charge on any atom is -0.341 e. The highest BCUT2D eigenvalue weighted by atomic mass is 32.2. The Hall–Kier alpha value is -2.14. The molecule has 5 heteroatoms. The summed E-state index contributed by atoms with van der Waals surface area (Å²) in [5.41, 5.74) is 2.86. The maximum atomic E-state index is 4.37. The van der Waals surface area contributed by atoms with Crippen LogP contribution in [0.1, 0.15) is 17.2 Å². The average Bonchev–Trinajstić information content (AvgIpc) is 2.97. The van der Waals surface area contributed by atoms with Crippen LogP contribution >= 0.6 is 11.8 Å². The molecule has 0 amide bonds. The third-order valence-electron chi connectivity index (χ3n) is 2.99. The number of aromatic nitrogens is 4. The molecule has 1 atom stereocenters. The number of hydrogen-bond acceptors (Lipinski definition) is 4. The number of allylic oxidation sites excluding steroid dienone is 1. The zero-order chi connectivity index (χ0) is 13.8. The Kier molecular flexibility index (Phi) is 3.78. The molecule has 0 bridgehead atoms. The zero-order valence-corrected chi connectivity index (χ0v) is 11.7. The number of H-pyrrole nitrogens is 1. The van der Waals surface area contributed by atoms with Crippen LogP contribution in [0.25, 0.3) is 11.2 Å². The molecule has 0 aliphatic rings. The van der Waals surface area contributed by atoms with Gasteiger partial charge in [-0.2, -0.15) is 0 Å². The number of imidazole rings is 1. The summed E-state index contributed by atoms with van der Waals surface area (Å²) in [5, 5.41) is 1.21. The summed E-state index contributed by atoms with van der Waals surface area (Å²) < 4.78 is 0. The van der Waals surface area contributed by atoms with Gasteiger partial charge in [-0.3, -0.25) is 0 Å². The van der Waals surface area contributed by atoms with E-state index in [0.29, 0.717) is 5.65 Å². The molecule has 3 rings (SSSR count). The number of aromatic amines is 1. The van der Waals surface area contributed by atoms with Crippen molar-refractivity contribution in [3.8, 4) is 0 Å². The SMILES string of the molecule is C=CCC(Sc1ncnc2nc[nH]c12)c1ccccc1. The van der Waals surface area contributed by atoms with E-state index in [2.05, 4.69) is 50.8 Å². The van der Waals surface area contributed by atoms with Crippen molar-refractivity contribution in [1.29, 1.82) is 0 Å². The van der Waals surface area contributed by atoms with Gasteiger partial charge in [0.15, 0.2) is 5.65 Å². The first-order valence-electron chi connectivity index (χ1n) is 6.35. The fourth-order valence-electron chi connectivity index (χ4n) is 2.04. The van der Waals surface area contributed by atoms with Crippen LogP contribution in [0.15, 0.2) is 60.7 Å². The van der Waals surface area contributed by atoms with Crippen molar-refractivity contribution >= 4 is 22.9 Å². The number of rotatable bonds is 5. The molecule has 2 heterocycles. The van der Waals surface area contributed by atoms with Gasteiger partial charge in [0.25, 0.3) is 0 Å². The Balaban J connectivity index is 1.94. The molecule has 1 N–H and O–H groups in total. The monoisotopic (exact) mass is 282 g/mol. The maximum absolute atomic E-state index is 4.37. The molecule has 0 saturated heterocycles. The number of fused-ring (bicyclic) bond motifs is 1. The second-order valence-corrected chi connectivity index (χ2v) is 5.51. The highest BCUT2D eigenvalue weighted by molar-refractivity contribution is 7.99. The van der Waals surface area contributed by atoms with Crippen LogP contribution in [0.5, 0.6) is 0 Å². The Bertz CT molecular complexity index is 708. The van der Waals surface area contributed by atoms with Crippen molar-refractivity contribution in [2.75, 3.05) is 0 Å². The van der Waals surface area contributed by atoms with Crippen LogP contribution in [0.3, 0.4) is 0 Å². The summed E-state index contributed by atoms with van der Waals surface area (Å²) in [4.78, 5) is 15.8. The van der Waals surface area contributed by atoms with E-state index in [-0.39, 0.29) is 5.25 Å². The zero-order valence-electron chi connectivity index (χ0n) is 10.9. The van der Waals surface area contributed by atoms with E-state index in [1.807, 2.05) is 12.1 Å². The fourth-order valence-corrected chi connectivity index (χ4v) is 3.21. The first-order valence-corrected chi connectivity index (χ1v) is 7.23. The molecule has 20 heavy (non-hydrogen) atoms. The first-order chi connectivity index (χ1) is 9.88. The Morgan fingerprint density at radius 2 is 2.05 bits per heavy atom. The summed E-state index contributed by atoms with van der Waals surface area (Å²) in [6.07, 6.45) is 6.03. The Labute approximate surface area is 121 Å². The predicted octanol–water partition coefficient (Wildman–Crippen LogP) is 3.76. The number of benzene rings is 1. The highest BCUT2D eigenvalue weighted by Gasteiger charge is 2.15. The standard InChI is InChI=1S/C15H14N4S/c1-2-6-12(11-7-4-3-5-8-11)20-15-13-14(17-9-16-13)18-10-19-15/h2-5,7-10,12H,1,6H2,(H,16,17,18,19). The molecule has 0 fully saturated rings. The predicted molar refractivity (Wildman–Crippen MR) is 81.5 cm³/mol. The molecule has 1 unspecified atom stereocenters. The molecule has 0 saturated carbocycles. The van der Waals surface area contributed by atoms with Gasteiger partial charge in [0.05, 0.1) is 6.33 Å². The molecule has 100 valence electrons. The number of hydrogen-bond donors (Lipinski definition) is 1. The normalized spacial score (nSPS) is 12.4. The van der Waals surface area contributed by atoms with Gasteiger partial charge >= 0.3 is 0 Å². The van der Waals surface area contributed by atoms with Gasteiger partial charge in [0.2, 0.25) is 0 Å². The second-order valence-electron chi connectivity index (χ2n) is 4.32. The van der Waals surface area contributed by atoms with Gasteiger partial charge in [-0.15, -0.1) is 6.58 Å². The van der Waals surface area contributed by atoms with Gasteiger partial charge in [-0.05, 0) is 12.0 Å². The molecule has 0 aliphatic carbocycles. The van der Waals surface area contributed by atoms with Crippen molar-refractivity contribution < 1.29 is 0 Å². The number of thioether (sulfide) groups is 1. The van der Waals surface area contributed by atoms with Crippen LogP contribution in [-0.4, -0.2) is 19.9 Å². The van der Waals surface area contributed by atoms with Crippen molar-refractivity contribution in [2.45, 2.75) is 16.7 Å². The molecule has 0 spiro atoms. The van der Waals surface area contributed by atoms with Crippen LogP contribution in [0, 0.1) is 0 Å². The van der Waals surface area contributed by atoms with Gasteiger partial charge < -0.3 is 4.98 Å². The Morgan fingerprint density at radius 1 is 1.20 bits per heavy atom. The van der Waals surface area contributed by atoms with Crippen molar-refractivity contribution in [3.63, 3.8) is 0 Å². The summed E-state index contributed by atoms with van der Waals surface area (Å²) >= 11 is 1.71. The smallest absolute Gasteiger partial charge is 0.181 e. The first kappa shape index (κ1) is 12.9. The highest BCUT2D eigenvalue weighted by Crippen LogP contribution is 2.38. The second kappa shape index (κ2) is 5.88. The third kappa shape index (κ3) is 2.58. The average molecular weight is 282 g/mol. The Morgan fingerprint density at radius 3 is 2.85 bits per heavy atom. The van der Waals surface area contributed by atoms with Gasteiger partial charge in [0.1, 0.15) is 16.9 Å². The van der Waals surface area contributed by atoms with E-state index in [1.54, 1.807) is 24.4 Å². The summed E-state index contributed by atoms with van der Waals surface area (Å²) in [6, 6.07) is 10.4.